The summed E-state index contributed by atoms with van der Waals surface area (Å²) in [5.74, 6) is 0. The second-order valence-corrected chi connectivity index (χ2v) is 5.56. The van der Waals surface area contributed by atoms with Crippen molar-refractivity contribution in [3.63, 3.8) is 0 Å². The summed E-state index contributed by atoms with van der Waals surface area (Å²) in [5, 5.41) is 12.1. The van der Waals surface area contributed by atoms with E-state index in [0.717, 1.165) is 12.2 Å². The molecule has 1 heterocycles. The van der Waals surface area contributed by atoms with Crippen molar-refractivity contribution < 1.29 is 0 Å². The highest BCUT2D eigenvalue weighted by molar-refractivity contribution is 7.12. The van der Waals surface area contributed by atoms with Crippen LogP contribution in [0.5, 0.6) is 0 Å². The monoisotopic (exact) mass is 257 g/mol. The van der Waals surface area contributed by atoms with E-state index in [-0.39, 0.29) is 0 Å². The zero-order valence-electron chi connectivity index (χ0n) is 10.4. The van der Waals surface area contributed by atoms with Crippen molar-refractivity contribution in [1.29, 1.82) is 5.26 Å². The molecule has 2 aromatic rings. The van der Waals surface area contributed by atoms with E-state index in [1.54, 1.807) is 23.5 Å². The second kappa shape index (κ2) is 5.11. The fourth-order valence-corrected chi connectivity index (χ4v) is 2.71. The van der Waals surface area contributed by atoms with Gasteiger partial charge in [0, 0.05) is 16.3 Å². The third-order valence-corrected chi connectivity index (χ3v) is 4.00. The minimum atomic E-state index is 0.584. The first-order chi connectivity index (χ1) is 8.60. The molecule has 0 aliphatic heterocycles. The molecule has 0 radical (unpaired) electrons. The number of rotatable bonds is 3. The van der Waals surface area contributed by atoms with Crippen LogP contribution in [0.4, 0.5) is 11.4 Å². The van der Waals surface area contributed by atoms with Crippen molar-refractivity contribution >= 4 is 22.7 Å². The SMILES string of the molecule is Cc1cc(CNc2ccc(C#N)cc2N)sc1C. The molecule has 0 unspecified atom stereocenters. The number of benzene rings is 1. The Bertz CT molecular complexity index is 588. The number of hydrogen-bond acceptors (Lipinski definition) is 4. The minimum absolute atomic E-state index is 0.584. The van der Waals surface area contributed by atoms with Gasteiger partial charge in [0.2, 0.25) is 0 Å². The third-order valence-electron chi connectivity index (χ3n) is 2.85. The Morgan fingerprint density at radius 2 is 2.11 bits per heavy atom. The van der Waals surface area contributed by atoms with Crippen molar-refractivity contribution in [2.45, 2.75) is 20.4 Å². The molecule has 0 fully saturated rings. The lowest BCUT2D eigenvalue weighted by Gasteiger charge is -2.08. The van der Waals surface area contributed by atoms with Gasteiger partial charge in [-0.1, -0.05) is 0 Å². The van der Waals surface area contributed by atoms with Crippen LogP contribution in [0.15, 0.2) is 24.3 Å². The average molecular weight is 257 g/mol. The molecular weight excluding hydrogens is 242 g/mol. The molecule has 3 nitrogen and oxygen atoms in total. The second-order valence-electron chi connectivity index (χ2n) is 4.22. The molecule has 0 atom stereocenters. The molecule has 0 amide bonds. The number of anilines is 2. The summed E-state index contributed by atoms with van der Waals surface area (Å²) >= 11 is 1.79. The first-order valence-electron chi connectivity index (χ1n) is 5.69. The zero-order valence-corrected chi connectivity index (χ0v) is 11.3. The Morgan fingerprint density at radius 3 is 2.67 bits per heavy atom. The van der Waals surface area contributed by atoms with E-state index in [2.05, 4.69) is 31.3 Å². The highest BCUT2D eigenvalue weighted by Crippen LogP contribution is 2.24. The molecule has 92 valence electrons. The molecule has 0 saturated carbocycles. The predicted molar refractivity (Wildman–Crippen MR) is 76.7 cm³/mol. The van der Waals surface area contributed by atoms with Gasteiger partial charge in [0.15, 0.2) is 0 Å². The summed E-state index contributed by atoms with van der Waals surface area (Å²) in [6.45, 7) is 5.00. The Hall–Kier alpha value is -1.99. The van der Waals surface area contributed by atoms with E-state index >= 15 is 0 Å². The van der Waals surface area contributed by atoms with Crippen molar-refractivity contribution in [1.82, 2.24) is 0 Å². The van der Waals surface area contributed by atoms with Gasteiger partial charge in [0.25, 0.3) is 0 Å². The quantitative estimate of drug-likeness (QED) is 0.828. The molecule has 0 spiro atoms. The first-order valence-corrected chi connectivity index (χ1v) is 6.51. The maximum absolute atomic E-state index is 8.77. The van der Waals surface area contributed by atoms with Crippen LogP contribution in [-0.4, -0.2) is 0 Å². The van der Waals surface area contributed by atoms with E-state index in [1.165, 1.54) is 15.3 Å². The maximum atomic E-state index is 8.77. The molecule has 4 heteroatoms. The van der Waals surface area contributed by atoms with E-state index in [4.69, 9.17) is 11.0 Å². The van der Waals surface area contributed by atoms with Crippen molar-refractivity contribution in [2.75, 3.05) is 11.1 Å². The van der Waals surface area contributed by atoms with Crippen LogP contribution in [0.1, 0.15) is 20.9 Å². The highest BCUT2D eigenvalue weighted by atomic mass is 32.1. The smallest absolute Gasteiger partial charge is 0.0992 e. The fourth-order valence-electron chi connectivity index (χ4n) is 1.71. The lowest BCUT2D eigenvalue weighted by Crippen LogP contribution is -2.01. The van der Waals surface area contributed by atoms with E-state index < -0.39 is 0 Å². The van der Waals surface area contributed by atoms with Gasteiger partial charge in [0.1, 0.15) is 0 Å². The van der Waals surface area contributed by atoms with Crippen molar-refractivity contribution in [3.8, 4) is 6.07 Å². The average Bonchev–Trinajstić information content (AvgIpc) is 2.67. The van der Waals surface area contributed by atoms with Gasteiger partial charge in [-0.05, 0) is 43.7 Å². The fraction of sp³-hybridized carbons (Fsp3) is 0.214. The summed E-state index contributed by atoms with van der Waals surface area (Å²) in [4.78, 5) is 2.63. The number of nitrogens with one attached hydrogen (secondary N) is 1. The summed E-state index contributed by atoms with van der Waals surface area (Å²) in [7, 11) is 0. The summed E-state index contributed by atoms with van der Waals surface area (Å²) in [5.41, 5.74) is 9.28. The van der Waals surface area contributed by atoms with Gasteiger partial charge in [-0.2, -0.15) is 5.26 Å². The molecular formula is C14H15N3S. The molecule has 3 N–H and O–H groups in total. The van der Waals surface area contributed by atoms with Crippen LogP contribution >= 0.6 is 11.3 Å². The summed E-state index contributed by atoms with van der Waals surface area (Å²) < 4.78 is 0. The maximum Gasteiger partial charge on any atom is 0.0992 e. The molecule has 0 bridgehead atoms. The number of nitrogens with two attached hydrogens (primary N) is 1. The number of aryl methyl sites for hydroxylation is 2. The van der Waals surface area contributed by atoms with Gasteiger partial charge < -0.3 is 11.1 Å². The molecule has 2 rings (SSSR count). The number of nitrogens with zero attached hydrogens (tertiary/aromatic N) is 1. The van der Waals surface area contributed by atoms with Crippen LogP contribution < -0.4 is 11.1 Å². The lowest BCUT2D eigenvalue weighted by molar-refractivity contribution is 1.19. The van der Waals surface area contributed by atoms with Gasteiger partial charge >= 0.3 is 0 Å². The predicted octanol–water partition coefficient (Wildman–Crippen LogP) is 3.43. The third kappa shape index (κ3) is 2.63. The van der Waals surface area contributed by atoms with Crippen molar-refractivity contribution in [2.24, 2.45) is 0 Å². The Labute approximate surface area is 111 Å². The minimum Gasteiger partial charge on any atom is -0.397 e. The molecule has 1 aromatic carbocycles. The molecule has 0 saturated heterocycles. The Kier molecular flexibility index (Phi) is 3.54. The molecule has 18 heavy (non-hydrogen) atoms. The number of nitriles is 1. The van der Waals surface area contributed by atoms with E-state index in [1.807, 2.05) is 6.07 Å². The zero-order chi connectivity index (χ0) is 13.1. The number of thiophene rings is 1. The van der Waals surface area contributed by atoms with Gasteiger partial charge in [-0.25, -0.2) is 0 Å². The topological polar surface area (TPSA) is 61.8 Å². The van der Waals surface area contributed by atoms with Crippen LogP contribution in [0.2, 0.25) is 0 Å². The Morgan fingerprint density at radius 1 is 1.33 bits per heavy atom. The van der Waals surface area contributed by atoms with Gasteiger partial charge in [-0.3, -0.25) is 0 Å². The van der Waals surface area contributed by atoms with E-state index in [0.29, 0.717) is 11.3 Å². The highest BCUT2D eigenvalue weighted by Gasteiger charge is 2.03. The first kappa shape index (κ1) is 12.5. The van der Waals surface area contributed by atoms with E-state index in [9.17, 15) is 0 Å². The summed E-state index contributed by atoms with van der Waals surface area (Å²) in [6, 6.07) is 9.56. The van der Waals surface area contributed by atoms with Crippen LogP contribution in [0, 0.1) is 25.2 Å². The Balaban J connectivity index is 2.09. The molecule has 0 aliphatic rings. The standard InChI is InChI=1S/C14H15N3S/c1-9-5-12(18-10(9)2)8-17-14-4-3-11(7-15)6-13(14)16/h3-6,17H,8,16H2,1-2H3. The number of hydrogen-bond donors (Lipinski definition) is 2. The summed E-state index contributed by atoms with van der Waals surface area (Å²) in [6.07, 6.45) is 0. The van der Waals surface area contributed by atoms with Gasteiger partial charge in [-0.15, -0.1) is 11.3 Å². The van der Waals surface area contributed by atoms with Crippen molar-refractivity contribution in [3.05, 3.63) is 45.1 Å². The molecule has 0 aliphatic carbocycles. The van der Waals surface area contributed by atoms with Crippen LogP contribution in [0.25, 0.3) is 0 Å². The van der Waals surface area contributed by atoms with Gasteiger partial charge in [0.05, 0.1) is 23.0 Å². The normalized spacial score (nSPS) is 10.1. The lowest BCUT2D eigenvalue weighted by atomic mass is 10.2. The largest absolute Gasteiger partial charge is 0.397 e. The number of nitrogen functional groups attached to an aromatic ring is 1. The van der Waals surface area contributed by atoms with Crippen LogP contribution in [-0.2, 0) is 6.54 Å². The molecule has 1 aromatic heterocycles. The van der Waals surface area contributed by atoms with Crippen LogP contribution in [0.3, 0.4) is 0 Å².